The number of amides is 1. The van der Waals surface area contributed by atoms with Crippen molar-refractivity contribution >= 4 is 5.91 Å². The maximum atomic E-state index is 10.5. The molecule has 0 radical (unpaired) electrons. The second-order valence-electron chi connectivity index (χ2n) is 5.16. The fourth-order valence-corrected chi connectivity index (χ4v) is 2.01. The minimum Gasteiger partial charge on any atom is -0.368 e. The highest BCUT2D eigenvalue weighted by Gasteiger charge is 2.24. The third kappa shape index (κ3) is 5.14. The van der Waals surface area contributed by atoms with Crippen molar-refractivity contribution in [2.45, 2.75) is 52.0 Å². The Labute approximate surface area is 91.5 Å². The molecule has 1 aliphatic carbocycles. The smallest absolute Gasteiger partial charge is 0.245 e. The van der Waals surface area contributed by atoms with Gasteiger partial charge in [0.1, 0.15) is 6.61 Å². The van der Waals surface area contributed by atoms with E-state index < -0.39 is 5.91 Å². The van der Waals surface area contributed by atoms with Gasteiger partial charge in [-0.25, -0.2) is 0 Å². The Bertz CT molecular complexity index is 217. The Balaban J connectivity index is 2.23. The Morgan fingerprint density at radius 3 is 2.87 bits per heavy atom. The van der Waals surface area contributed by atoms with E-state index in [9.17, 15) is 4.79 Å². The lowest BCUT2D eigenvalue weighted by molar-refractivity contribution is -0.126. The number of carbonyl (C=O) groups is 1. The van der Waals surface area contributed by atoms with Crippen LogP contribution in [0.5, 0.6) is 0 Å². The number of nitrogens with one attached hydrogen (secondary N) is 1. The van der Waals surface area contributed by atoms with E-state index in [2.05, 4.69) is 19.3 Å². The molecule has 0 heterocycles. The van der Waals surface area contributed by atoms with E-state index in [-0.39, 0.29) is 6.61 Å². The third-order valence-electron chi connectivity index (χ3n) is 3.04. The zero-order chi connectivity index (χ0) is 11.3. The highest BCUT2D eigenvalue weighted by molar-refractivity contribution is 5.74. The molecular weight excluding hydrogens is 192 g/mol. The number of hydroxylamine groups is 1. The summed E-state index contributed by atoms with van der Waals surface area (Å²) in [4.78, 5) is 15.5. The molecule has 1 amide bonds. The van der Waals surface area contributed by atoms with Crippen LogP contribution in [0.25, 0.3) is 0 Å². The first-order chi connectivity index (χ1) is 6.99. The van der Waals surface area contributed by atoms with Gasteiger partial charge in [0.2, 0.25) is 5.91 Å². The van der Waals surface area contributed by atoms with Crippen molar-refractivity contribution < 1.29 is 9.63 Å². The Hall–Kier alpha value is -0.610. The molecule has 0 aliphatic heterocycles. The predicted octanol–water partition coefficient (Wildman–Crippen LogP) is 1.35. The van der Waals surface area contributed by atoms with Crippen LogP contribution in [0, 0.1) is 5.41 Å². The van der Waals surface area contributed by atoms with E-state index in [1.165, 1.54) is 19.3 Å². The lowest BCUT2D eigenvalue weighted by atomic mass is 9.85. The summed E-state index contributed by atoms with van der Waals surface area (Å²) in [5, 5.41) is 0. The second-order valence-corrected chi connectivity index (χ2v) is 5.16. The van der Waals surface area contributed by atoms with Gasteiger partial charge in [-0.15, -0.1) is 0 Å². The van der Waals surface area contributed by atoms with Crippen LogP contribution in [-0.2, 0) is 9.63 Å². The van der Waals surface area contributed by atoms with Gasteiger partial charge in [0.25, 0.3) is 0 Å². The number of nitrogens with two attached hydrogens (primary N) is 1. The summed E-state index contributed by atoms with van der Waals surface area (Å²) in [6.07, 6.45) is 5.89. The summed E-state index contributed by atoms with van der Waals surface area (Å²) in [6.45, 7) is 4.57. The van der Waals surface area contributed by atoms with Crippen molar-refractivity contribution in [2.75, 3.05) is 6.61 Å². The highest BCUT2D eigenvalue weighted by Crippen LogP contribution is 2.33. The zero-order valence-electron chi connectivity index (χ0n) is 9.71. The fourth-order valence-electron chi connectivity index (χ4n) is 2.01. The lowest BCUT2D eigenvalue weighted by Gasteiger charge is -2.22. The molecule has 4 nitrogen and oxygen atoms in total. The van der Waals surface area contributed by atoms with Crippen LogP contribution in [0.3, 0.4) is 0 Å². The van der Waals surface area contributed by atoms with Crippen LogP contribution >= 0.6 is 0 Å². The molecule has 88 valence electrons. The Kier molecular flexibility index (Phi) is 4.54. The van der Waals surface area contributed by atoms with Gasteiger partial charge in [0.05, 0.1) is 0 Å². The van der Waals surface area contributed by atoms with Crippen LogP contribution in [0.15, 0.2) is 0 Å². The maximum absolute atomic E-state index is 10.5. The number of hydrogen-bond acceptors (Lipinski definition) is 3. The topological polar surface area (TPSA) is 64.3 Å². The monoisotopic (exact) mass is 214 g/mol. The first kappa shape index (κ1) is 12.5. The number of rotatable bonds is 4. The summed E-state index contributed by atoms with van der Waals surface area (Å²) in [6, 6.07) is 0.367. The average Bonchev–Trinajstić information content (AvgIpc) is 2.27. The van der Waals surface area contributed by atoms with Crippen molar-refractivity contribution in [3.8, 4) is 0 Å². The minimum absolute atomic E-state index is 0.0418. The maximum Gasteiger partial charge on any atom is 0.245 e. The van der Waals surface area contributed by atoms with Gasteiger partial charge in [0.15, 0.2) is 0 Å². The van der Waals surface area contributed by atoms with Crippen LogP contribution in [0.2, 0.25) is 0 Å². The van der Waals surface area contributed by atoms with Crippen LogP contribution < -0.4 is 11.2 Å². The molecule has 0 aromatic carbocycles. The van der Waals surface area contributed by atoms with Crippen molar-refractivity contribution in [1.82, 2.24) is 5.48 Å². The van der Waals surface area contributed by atoms with E-state index in [0.717, 1.165) is 12.8 Å². The van der Waals surface area contributed by atoms with E-state index in [0.29, 0.717) is 11.5 Å². The summed E-state index contributed by atoms with van der Waals surface area (Å²) >= 11 is 0. The molecule has 3 N–H and O–H groups in total. The Morgan fingerprint density at radius 2 is 2.20 bits per heavy atom. The van der Waals surface area contributed by atoms with E-state index >= 15 is 0 Å². The standard InChI is InChI=1S/C11H22N2O2/c1-11(2)6-3-4-9(5-7-11)13-15-8-10(12)14/h9,13H,3-8H2,1-2H3,(H2,12,14). The van der Waals surface area contributed by atoms with Gasteiger partial charge in [-0.05, 0) is 31.1 Å². The summed E-state index contributed by atoms with van der Waals surface area (Å²) in [7, 11) is 0. The molecular formula is C11H22N2O2. The molecule has 1 atom stereocenters. The molecule has 1 fully saturated rings. The van der Waals surface area contributed by atoms with Crippen molar-refractivity contribution in [1.29, 1.82) is 0 Å². The van der Waals surface area contributed by atoms with E-state index in [4.69, 9.17) is 10.6 Å². The molecule has 1 unspecified atom stereocenters. The van der Waals surface area contributed by atoms with Crippen LogP contribution in [0.4, 0.5) is 0 Å². The van der Waals surface area contributed by atoms with Gasteiger partial charge in [-0.3, -0.25) is 9.63 Å². The van der Waals surface area contributed by atoms with Crippen LogP contribution in [0.1, 0.15) is 46.0 Å². The predicted molar refractivity (Wildman–Crippen MR) is 58.9 cm³/mol. The quantitative estimate of drug-likeness (QED) is 0.548. The van der Waals surface area contributed by atoms with Crippen molar-refractivity contribution in [3.05, 3.63) is 0 Å². The summed E-state index contributed by atoms with van der Waals surface area (Å²) in [5.74, 6) is -0.434. The highest BCUT2D eigenvalue weighted by atomic mass is 16.6. The SMILES string of the molecule is CC1(C)CCCC(NOCC(N)=O)CC1. The molecule has 0 saturated heterocycles. The number of carbonyl (C=O) groups excluding carboxylic acids is 1. The molecule has 15 heavy (non-hydrogen) atoms. The largest absolute Gasteiger partial charge is 0.368 e. The first-order valence-electron chi connectivity index (χ1n) is 5.65. The van der Waals surface area contributed by atoms with Gasteiger partial charge in [-0.1, -0.05) is 20.3 Å². The molecule has 1 aliphatic rings. The molecule has 0 bridgehead atoms. The van der Waals surface area contributed by atoms with Crippen molar-refractivity contribution in [2.24, 2.45) is 11.1 Å². The zero-order valence-corrected chi connectivity index (χ0v) is 9.71. The average molecular weight is 214 g/mol. The minimum atomic E-state index is -0.434. The Morgan fingerprint density at radius 1 is 1.47 bits per heavy atom. The van der Waals surface area contributed by atoms with E-state index in [1.807, 2.05) is 0 Å². The summed E-state index contributed by atoms with van der Waals surface area (Å²) in [5.41, 5.74) is 8.35. The molecule has 0 aromatic heterocycles. The molecule has 4 heteroatoms. The summed E-state index contributed by atoms with van der Waals surface area (Å²) < 4.78 is 0. The first-order valence-corrected chi connectivity index (χ1v) is 5.65. The normalized spacial score (nSPS) is 25.9. The van der Waals surface area contributed by atoms with Gasteiger partial charge >= 0.3 is 0 Å². The lowest BCUT2D eigenvalue weighted by Crippen LogP contribution is -2.32. The molecule has 0 aromatic rings. The molecule has 0 spiro atoms. The number of primary amides is 1. The molecule has 1 rings (SSSR count). The van der Waals surface area contributed by atoms with Crippen molar-refractivity contribution in [3.63, 3.8) is 0 Å². The number of hydrogen-bond donors (Lipinski definition) is 2. The second kappa shape index (κ2) is 5.47. The van der Waals surface area contributed by atoms with E-state index in [1.54, 1.807) is 0 Å². The van der Waals surface area contributed by atoms with Gasteiger partial charge in [0, 0.05) is 6.04 Å². The molecule has 1 saturated carbocycles. The van der Waals surface area contributed by atoms with Gasteiger partial charge in [-0.2, -0.15) is 5.48 Å². The van der Waals surface area contributed by atoms with Crippen LogP contribution in [-0.4, -0.2) is 18.6 Å². The third-order valence-corrected chi connectivity index (χ3v) is 3.04. The van der Waals surface area contributed by atoms with Gasteiger partial charge < -0.3 is 5.73 Å². The fraction of sp³-hybridized carbons (Fsp3) is 0.909.